The van der Waals surface area contributed by atoms with E-state index in [4.69, 9.17) is 14.2 Å². The second-order valence-corrected chi connectivity index (χ2v) is 15.8. The number of amides is 6. The lowest BCUT2D eigenvalue weighted by molar-refractivity contribution is -0.144. The highest BCUT2D eigenvalue weighted by molar-refractivity contribution is 5.94. The molecule has 2 aliphatic heterocycles. The SMILES string of the molecule is CCCC(NC(=O)[C@@H]1C[C@@H]2CN1C(=O)[C@H](C1CCCCC1)NC(=O)Cc1cc(OC)cc(c1)OCCCO2)C(O)C(=O)NCC(=O)N[C@H](C(=O)N(C)C)c1ccccc1. The molecule has 16 heteroatoms. The zero-order valence-electron chi connectivity index (χ0n) is 34.6. The van der Waals surface area contributed by atoms with Gasteiger partial charge in [0.05, 0.1) is 45.4 Å². The molecule has 2 fully saturated rings. The zero-order chi connectivity index (χ0) is 42.5. The topological polar surface area (TPSA) is 205 Å². The van der Waals surface area contributed by atoms with Crippen LogP contribution < -0.4 is 30.7 Å². The number of ether oxygens (including phenoxy) is 3. The zero-order valence-corrected chi connectivity index (χ0v) is 34.6. The van der Waals surface area contributed by atoms with Gasteiger partial charge in [0.15, 0.2) is 6.10 Å². The molecule has 2 heterocycles. The molecular weight excluding hydrogens is 761 g/mol. The van der Waals surface area contributed by atoms with Crippen LogP contribution in [0.25, 0.3) is 0 Å². The Bertz CT molecular complexity index is 1770. The third-order valence-corrected chi connectivity index (χ3v) is 11.1. The van der Waals surface area contributed by atoms with Gasteiger partial charge < -0.3 is 50.4 Å². The number of nitrogens with zero attached hydrogens (tertiary/aromatic N) is 2. The van der Waals surface area contributed by atoms with Crippen LogP contribution in [0.1, 0.15) is 81.9 Å². The van der Waals surface area contributed by atoms with E-state index in [1.165, 1.54) is 9.80 Å². The lowest BCUT2D eigenvalue weighted by atomic mass is 9.83. The number of rotatable bonds is 13. The maximum absolute atomic E-state index is 14.6. The molecule has 0 spiro atoms. The summed E-state index contributed by atoms with van der Waals surface area (Å²) in [6, 6.07) is 10.0. The number of carbonyl (C=O) groups is 6. The van der Waals surface area contributed by atoms with Crippen LogP contribution in [0.5, 0.6) is 11.5 Å². The van der Waals surface area contributed by atoms with E-state index < -0.39 is 60.6 Å². The Morgan fingerprint density at radius 2 is 1.75 bits per heavy atom. The van der Waals surface area contributed by atoms with Crippen LogP contribution in [0, 0.1) is 5.92 Å². The standard InChI is InChI=1S/C43H60N6O10/c1-5-13-33(39(52)41(54)44-25-36(51)47-37(42(55)48(2)3)28-14-8-6-9-15-28)45-40(53)34-24-32-26-49(34)43(56)38(29-16-10-7-11-17-29)46-35(50)22-27-20-30(57-4)23-31(21-27)58-18-12-19-59-32/h6,8-9,14-15,20-21,23,29,32-34,37-39,52H,5,7,10-13,16-19,22,24-26H2,1-4H3,(H,44,54)(H,45,53)(H,46,50)(H,47,51)/t32-,33?,34+,37+,38+,39?/m1/s1. The molecule has 2 aromatic carbocycles. The molecule has 1 aliphatic carbocycles. The highest BCUT2D eigenvalue weighted by atomic mass is 16.5. The lowest BCUT2D eigenvalue weighted by Gasteiger charge is -2.35. The summed E-state index contributed by atoms with van der Waals surface area (Å²) in [5.41, 5.74) is 1.22. The predicted molar refractivity (Wildman–Crippen MR) is 217 cm³/mol. The molecule has 0 radical (unpaired) electrons. The van der Waals surface area contributed by atoms with Crippen molar-refractivity contribution in [2.75, 3.05) is 47.5 Å². The van der Waals surface area contributed by atoms with Crippen molar-refractivity contribution in [3.05, 3.63) is 59.7 Å². The minimum Gasteiger partial charge on any atom is -0.497 e. The smallest absolute Gasteiger partial charge is 0.251 e. The fourth-order valence-corrected chi connectivity index (χ4v) is 8.04. The summed E-state index contributed by atoms with van der Waals surface area (Å²) >= 11 is 0. The summed E-state index contributed by atoms with van der Waals surface area (Å²) in [6.45, 7) is 2.05. The Morgan fingerprint density at radius 3 is 2.44 bits per heavy atom. The van der Waals surface area contributed by atoms with E-state index in [2.05, 4.69) is 21.3 Å². The maximum atomic E-state index is 14.6. The van der Waals surface area contributed by atoms with Crippen molar-refractivity contribution < 1.29 is 48.1 Å². The molecule has 5 N–H and O–H groups in total. The normalized spacial score (nSPS) is 21.8. The van der Waals surface area contributed by atoms with Crippen molar-refractivity contribution in [2.24, 2.45) is 5.92 Å². The van der Waals surface area contributed by atoms with Crippen LogP contribution >= 0.6 is 0 Å². The fourth-order valence-electron chi connectivity index (χ4n) is 8.04. The third kappa shape index (κ3) is 12.4. The fraction of sp³-hybridized carbons (Fsp3) is 0.581. The summed E-state index contributed by atoms with van der Waals surface area (Å²) < 4.78 is 17.6. The maximum Gasteiger partial charge on any atom is 0.251 e. The van der Waals surface area contributed by atoms with E-state index in [1.807, 2.05) is 6.92 Å². The molecule has 1 saturated carbocycles. The first-order valence-corrected chi connectivity index (χ1v) is 20.7. The van der Waals surface area contributed by atoms with Gasteiger partial charge in [-0.05, 0) is 48.4 Å². The molecular formula is C43H60N6O10. The molecule has 0 aromatic heterocycles. The van der Waals surface area contributed by atoms with E-state index in [-0.39, 0.29) is 49.4 Å². The van der Waals surface area contributed by atoms with Gasteiger partial charge in [-0.1, -0.05) is 62.9 Å². The van der Waals surface area contributed by atoms with E-state index in [0.29, 0.717) is 48.7 Å². The minimum absolute atomic E-state index is 0.0121. The quantitative estimate of drug-likeness (QED) is 0.198. The van der Waals surface area contributed by atoms with Gasteiger partial charge in [0.2, 0.25) is 29.5 Å². The van der Waals surface area contributed by atoms with Crippen molar-refractivity contribution in [3.63, 3.8) is 0 Å². The number of likely N-dealkylation sites (N-methyl/N-ethyl adjacent to an activating group) is 1. The molecule has 6 amide bonds. The van der Waals surface area contributed by atoms with E-state index in [1.54, 1.807) is 69.7 Å². The van der Waals surface area contributed by atoms with E-state index in [0.717, 1.165) is 32.1 Å². The molecule has 6 atom stereocenters. The minimum atomic E-state index is -1.74. The summed E-state index contributed by atoms with van der Waals surface area (Å²) in [5.74, 6) is -2.25. The Labute approximate surface area is 346 Å². The monoisotopic (exact) mass is 820 g/mol. The highest BCUT2D eigenvalue weighted by Crippen LogP contribution is 2.31. The number of aliphatic hydroxyl groups excluding tert-OH is 1. The van der Waals surface area contributed by atoms with Crippen LogP contribution in [0.2, 0.25) is 0 Å². The van der Waals surface area contributed by atoms with Crippen molar-refractivity contribution in [1.82, 2.24) is 31.1 Å². The second kappa shape index (κ2) is 21.7. The van der Waals surface area contributed by atoms with Crippen LogP contribution in [-0.2, 0) is 39.9 Å². The lowest BCUT2D eigenvalue weighted by Crippen LogP contribution is -2.58. The van der Waals surface area contributed by atoms with Crippen LogP contribution in [0.4, 0.5) is 0 Å². The van der Waals surface area contributed by atoms with Crippen molar-refractivity contribution >= 4 is 35.4 Å². The number of hydrogen-bond acceptors (Lipinski definition) is 10. The number of fused-ring (bicyclic) bond motifs is 4. The van der Waals surface area contributed by atoms with Crippen LogP contribution in [0.3, 0.4) is 0 Å². The number of nitrogens with one attached hydrogen (secondary N) is 4. The van der Waals surface area contributed by atoms with Gasteiger partial charge in [0.25, 0.3) is 5.91 Å². The molecule has 3 aliphatic rings. The molecule has 322 valence electrons. The molecule has 16 nitrogen and oxygen atoms in total. The molecule has 1 saturated heterocycles. The first-order chi connectivity index (χ1) is 28.4. The van der Waals surface area contributed by atoms with Gasteiger partial charge in [-0.2, -0.15) is 0 Å². The first-order valence-electron chi connectivity index (χ1n) is 20.7. The summed E-state index contributed by atoms with van der Waals surface area (Å²) in [5, 5.41) is 22.2. The number of aliphatic hydroxyl groups is 1. The molecule has 2 unspecified atom stereocenters. The molecule has 2 aromatic rings. The average Bonchev–Trinajstić information content (AvgIpc) is 3.67. The average molecular weight is 821 g/mol. The summed E-state index contributed by atoms with van der Waals surface area (Å²) in [7, 11) is 4.68. The Hall–Kier alpha value is -5.22. The van der Waals surface area contributed by atoms with Gasteiger partial charge in [0, 0.05) is 39.5 Å². The number of carbonyl (C=O) groups excluding carboxylic acids is 6. The predicted octanol–water partition coefficient (Wildman–Crippen LogP) is 1.78. The Kier molecular flexibility index (Phi) is 16.5. The van der Waals surface area contributed by atoms with Gasteiger partial charge in [0.1, 0.15) is 29.6 Å². The highest BCUT2D eigenvalue weighted by Gasteiger charge is 2.45. The number of methoxy groups -OCH3 is 1. The molecule has 4 bridgehead atoms. The largest absolute Gasteiger partial charge is 0.497 e. The van der Waals surface area contributed by atoms with Gasteiger partial charge in [-0.25, -0.2) is 0 Å². The van der Waals surface area contributed by atoms with Crippen molar-refractivity contribution in [1.29, 1.82) is 0 Å². The van der Waals surface area contributed by atoms with Gasteiger partial charge in [-0.15, -0.1) is 0 Å². The second-order valence-electron chi connectivity index (χ2n) is 15.8. The summed E-state index contributed by atoms with van der Waals surface area (Å²) in [6.07, 6.45) is 3.50. The summed E-state index contributed by atoms with van der Waals surface area (Å²) in [4.78, 5) is 84.5. The first kappa shape index (κ1) is 44.9. The van der Waals surface area contributed by atoms with E-state index >= 15 is 0 Å². The van der Waals surface area contributed by atoms with Crippen molar-refractivity contribution in [3.8, 4) is 11.5 Å². The van der Waals surface area contributed by atoms with Crippen molar-refractivity contribution in [2.45, 2.75) is 108 Å². The molecule has 59 heavy (non-hydrogen) atoms. The number of benzene rings is 2. The van der Waals surface area contributed by atoms with Crippen LogP contribution in [0.15, 0.2) is 48.5 Å². The van der Waals surface area contributed by atoms with Gasteiger partial charge >= 0.3 is 0 Å². The number of hydrogen-bond donors (Lipinski definition) is 5. The third-order valence-electron chi connectivity index (χ3n) is 11.1. The molecule has 5 rings (SSSR count). The Morgan fingerprint density at radius 1 is 1.00 bits per heavy atom. The van der Waals surface area contributed by atoms with E-state index in [9.17, 15) is 33.9 Å². The Balaban J connectivity index is 1.29. The van der Waals surface area contributed by atoms with Gasteiger partial charge in [-0.3, -0.25) is 28.8 Å². The van der Waals surface area contributed by atoms with Crippen LogP contribution in [-0.4, -0.2) is 128 Å².